The van der Waals surface area contributed by atoms with E-state index in [4.69, 9.17) is 5.11 Å². The molecule has 0 fully saturated rings. The fourth-order valence-electron chi connectivity index (χ4n) is 0.806. The van der Waals surface area contributed by atoms with Gasteiger partial charge in [0.15, 0.2) is 0 Å². The van der Waals surface area contributed by atoms with E-state index in [1.54, 1.807) is 18.4 Å². The third-order valence-corrected chi connectivity index (χ3v) is 2.24. The number of nitrogens with one attached hydrogen (secondary N) is 1. The first-order valence-corrected chi connectivity index (χ1v) is 5.15. The van der Waals surface area contributed by atoms with Gasteiger partial charge in [-0.3, -0.25) is 0 Å². The smallest absolute Gasteiger partial charge is 0.343 e. The van der Waals surface area contributed by atoms with Crippen LogP contribution in [0.4, 0.5) is 0 Å². The molecule has 1 aliphatic heterocycles. The highest BCUT2D eigenvalue weighted by Gasteiger charge is 2.07. The van der Waals surface area contributed by atoms with Crippen molar-refractivity contribution in [2.24, 2.45) is 0 Å². The van der Waals surface area contributed by atoms with Crippen molar-refractivity contribution < 1.29 is 9.90 Å². The Morgan fingerprint density at radius 3 is 1.88 bits per heavy atom. The van der Waals surface area contributed by atoms with E-state index in [1.165, 1.54) is 0 Å². The maximum absolute atomic E-state index is 10.2. The quantitative estimate of drug-likeness (QED) is 0.760. The number of hydrogen-bond acceptors (Lipinski definition) is 3. The second-order valence-corrected chi connectivity index (χ2v) is 3.45. The Balaban J connectivity index is 0.000000283. The van der Waals surface area contributed by atoms with E-state index in [9.17, 15) is 4.79 Å². The van der Waals surface area contributed by atoms with Crippen molar-refractivity contribution in [3.63, 3.8) is 0 Å². The van der Waals surface area contributed by atoms with Crippen molar-refractivity contribution >= 4 is 30.3 Å². The highest BCUT2D eigenvalue weighted by molar-refractivity contribution is 8.02. The molecule has 0 amide bonds. The minimum atomic E-state index is -0.892. The summed E-state index contributed by atoms with van der Waals surface area (Å²) in [6.07, 6.45) is 4.88. The van der Waals surface area contributed by atoms with Crippen LogP contribution < -0.4 is 4.72 Å². The second kappa shape index (κ2) is 8.88. The van der Waals surface area contributed by atoms with Crippen LogP contribution in [0, 0.1) is 0 Å². The van der Waals surface area contributed by atoms with Crippen molar-refractivity contribution in [2.75, 3.05) is 0 Å². The summed E-state index contributed by atoms with van der Waals surface area (Å²) >= 11 is 1.10. The summed E-state index contributed by atoms with van der Waals surface area (Å²) in [6.45, 7) is 0. The summed E-state index contributed by atoms with van der Waals surface area (Å²) < 4.78 is 2.70. The molecule has 0 bridgehead atoms. The van der Waals surface area contributed by atoms with Crippen LogP contribution in [-0.2, 0) is 4.79 Å². The molecule has 1 aliphatic rings. The Bertz CT molecular complexity index is 339. The summed E-state index contributed by atoms with van der Waals surface area (Å²) in [5.41, 5.74) is 0. The summed E-state index contributed by atoms with van der Waals surface area (Å²) in [5.74, 6) is -0.892. The van der Waals surface area contributed by atoms with Gasteiger partial charge >= 0.3 is 5.97 Å². The van der Waals surface area contributed by atoms with E-state index in [0.29, 0.717) is 4.91 Å². The molecule has 0 saturated carbocycles. The first-order chi connectivity index (χ1) is 7.30. The van der Waals surface area contributed by atoms with Crippen molar-refractivity contribution in [1.29, 1.82) is 0 Å². The standard InChI is InChI=1S/C6H6.C5H5NO2S.ClH/c1-2-4-6-5-3-1;7-5(8)4-2-1-3-6-9-4;/h1-6H;1-3,6H,(H,7,8);1H. The van der Waals surface area contributed by atoms with Gasteiger partial charge in [0, 0.05) is 6.20 Å². The monoisotopic (exact) mass is 257 g/mol. The number of carboxylic acid groups (broad SMARTS) is 1. The molecule has 0 aromatic heterocycles. The van der Waals surface area contributed by atoms with E-state index >= 15 is 0 Å². The van der Waals surface area contributed by atoms with Crippen LogP contribution in [0.3, 0.4) is 0 Å². The molecule has 0 aliphatic carbocycles. The van der Waals surface area contributed by atoms with Gasteiger partial charge in [0.2, 0.25) is 0 Å². The number of aliphatic carboxylic acids is 1. The van der Waals surface area contributed by atoms with Crippen LogP contribution in [0.15, 0.2) is 59.7 Å². The summed E-state index contributed by atoms with van der Waals surface area (Å²) in [7, 11) is 0. The molecular formula is C11H12ClNO2S. The molecule has 5 heteroatoms. The Hall–Kier alpha value is -1.39. The fourth-order valence-corrected chi connectivity index (χ4v) is 1.31. The first kappa shape index (κ1) is 14.6. The summed E-state index contributed by atoms with van der Waals surface area (Å²) in [4.78, 5) is 10.5. The predicted octanol–water partition coefficient (Wildman–Crippen LogP) is 2.83. The summed E-state index contributed by atoms with van der Waals surface area (Å²) in [5, 5.41) is 8.38. The molecule has 2 N–H and O–H groups in total. The molecule has 0 unspecified atom stereocenters. The third-order valence-electron chi connectivity index (χ3n) is 1.46. The molecular weight excluding hydrogens is 246 g/mol. The maximum Gasteiger partial charge on any atom is 0.343 e. The first-order valence-electron chi connectivity index (χ1n) is 4.33. The highest BCUT2D eigenvalue weighted by atomic mass is 35.5. The third kappa shape index (κ3) is 6.16. The number of benzene rings is 1. The number of rotatable bonds is 1. The van der Waals surface area contributed by atoms with Crippen LogP contribution in [-0.4, -0.2) is 11.1 Å². The van der Waals surface area contributed by atoms with E-state index in [1.807, 2.05) is 36.4 Å². The van der Waals surface area contributed by atoms with E-state index < -0.39 is 5.97 Å². The molecule has 0 atom stereocenters. The van der Waals surface area contributed by atoms with Crippen molar-refractivity contribution in [2.45, 2.75) is 0 Å². The minimum Gasteiger partial charge on any atom is -0.477 e. The van der Waals surface area contributed by atoms with Gasteiger partial charge in [0.1, 0.15) is 4.91 Å². The van der Waals surface area contributed by atoms with Crippen molar-refractivity contribution in [3.05, 3.63) is 59.7 Å². The van der Waals surface area contributed by atoms with Crippen molar-refractivity contribution in [1.82, 2.24) is 4.72 Å². The molecule has 0 spiro atoms. The van der Waals surface area contributed by atoms with Gasteiger partial charge in [-0.25, -0.2) is 4.79 Å². The van der Waals surface area contributed by atoms with Gasteiger partial charge in [-0.1, -0.05) is 36.4 Å². The largest absolute Gasteiger partial charge is 0.477 e. The number of carbonyl (C=O) groups is 1. The van der Waals surface area contributed by atoms with Gasteiger partial charge in [-0.05, 0) is 24.1 Å². The highest BCUT2D eigenvalue weighted by Crippen LogP contribution is 2.14. The van der Waals surface area contributed by atoms with Crippen LogP contribution in [0.5, 0.6) is 0 Å². The zero-order chi connectivity index (χ0) is 10.9. The topological polar surface area (TPSA) is 49.3 Å². The van der Waals surface area contributed by atoms with Crippen LogP contribution in [0.1, 0.15) is 0 Å². The fraction of sp³-hybridized carbons (Fsp3) is 0. The zero-order valence-electron chi connectivity index (χ0n) is 8.37. The normalized spacial score (nSPS) is 12.1. The zero-order valence-corrected chi connectivity index (χ0v) is 10.0. The molecule has 86 valence electrons. The molecule has 3 nitrogen and oxygen atoms in total. The van der Waals surface area contributed by atoms with Crippen LogP contribution in [0.25, 0.3) is 0 Å². The number of carboxylic acids is 1. The van der Waals surface area contributed by atoms with E-state index in [0.717, 1.165) is 11.9 Å². The molecule has 16 heavy (non-hydrogen) atoms. The SMILES string of the molecule is Cl.O=C(O)C1=CC=CNS1.c1ccccc1. The lowest BCUT2D eigenvalue weighted by molar-refractivity contribution is -0.131. The van der Waals surface area contributed by atoms with Crippen LogP contribution >= 0.6 is 24.4 Å². The van der Waals surface area contributed by atoms with Gasteiger partial charge in [0.05, 0.1) is 0 Å². The molecule has 0 radical (unpaired) electrons. The minimum absolute atomic E-state index is 0. The average molecular weight is 258 g/mol. The lowest BCUT2D eigenvalue weighted by atomic mass is 10.4. The van der Waals surface area contributed by atoms with E-state index in [2.05, 4.69) is 4.72 Å². The van der Waals surface area contributed by atoms with Crippen molar-refractivity contribution in [3.8, 4) is 0 Å². The molecule has 2 rings (SSSR count). The van der Waals surface area contributed by atoms with Gasteiger partial charge in [-0.15, -0.1) is 12.4 Å². The second-order valence-electron chi connectivity index (χ2n) is 2.57. The lowest BCUT2D eigenvalue weighted by Gasteiger charge is -2.02. The Labute approximate surface area is 105 Å². The molecule has 1 heterocycles. The Morgan fingerprint density at radius 1 is 1.12 bits per heavy atom. The summed E-state index contributed by atoms with van der Waals surface area (Å²) in [6, 6.07) is 12.0. The van der Waals surface area contributed by atoms with Gasteiger partial charge in [-0.2, -0.15) is 0 Å². The Morgan fingerprint density at radius 2 is 1.62 bits per heavy atom. The maximum atomic E-state index is 10.2. The predicted molar refractivity (Wildman–Crippen MR) is 69.3 cm³/mol. The molecule has 0 saturated heterocycles. The van der Waals surface area contributed by atoms with Gasteiger partial charge < -0.3 is 9.83 Å². The van der Waals surface area contributed by atoms with E-state index in [-0.39, 0.29) is 12.4 Å². The number of halogens is 1. The number of allylic oxidation sites excluding steroid dienone is 2. The average Bonchev–Trinajstić information content (AvgIpc) is 2.33. The molecule has 1 aromatic carbocycles. The van der Waals surface area contributed by atoms with Crippen LogP contribution in [0.2, 0.25) is 0 Å². The Kier molecular flexibility index (Phi) is 8.11. The molecule has 1 aromatic rings. The lowest BCUT2D eigenvalue weighted by Crippen LogP contribution is -2.04. The van der Waals surface area contributed by atoms with Gasteiger partial charge in [0.25, 0.3) is 0 Å². The number of hydrogen-bond donors (Lipinski definition) is 2.